The van der Waals surface area contributed by atoms with Crippen molar-refractivity contribution in [2.75, 3.05) is 11.4 Å². The van der Waals surface area contributed by atoms with Crippen LogP contribution in [0.2, 0.25) is 0 Å². The highest BCUT2D eigenvalue weighted by atomic mass is 16.1. The first-order valence-electron chi connectivity index (χ1n) is 5.52. The molecule has 0 aromatic heterocycles. The number of benzene rings is 1. The molecule has 0 saturated carbocycles. The van der Waals surface area contributed by atoms with E-state index < -0.39 is 0 Å². The zero-order chi connectivity index (χ0) is 10.8. The van der Waals surface area contributed by atoms with Crippen LogP contribution in [-0.4, -0.2) is 18.9 Å². The van der Waals surface area contributed by atoms with Gasteiger partial charge in [-0.3, -0.25) is 0 Å². The maximum absolute atomic E-state index is 11.0. The van der Waals surface area contributed by atoms with Crippen molar-refractivity contribution in [1.82, 2.24) is 0 Å². The van der Waals surface area contributed by atoms with Crippen molar-refractivity contribution in [2.45, 2.75) is 26.3 Å². The quantitative estimate of drug-likeness (QED) is 0.702. The molecule has 0 amide bonds. The first-order valence-corrected chi connectivity index (χ1v) is 5.52. The predicted molar refractivity (Wildman–Crippen MR) is 62.2 cm³/mol. The Morgan fingerprint density at radius 3 is 2.87 bits per heavy atom. The number of carbonyl (C=O) groups excluding carboxylic acids is 1. The minimum atomic E-state index is 0.0461. The van der Waals surface area contributed by atoms with Gasteiger partial charge in [0.2, 0.25) is 0 Å². The Morgan fingerprint density at radius 1 is 1.47 bits per heavy atom. The fraction of sp³-hybridized carbons (Fsp3) is 0.462. The molecule has 1 aromatic carbocycles. The summed E-state index contributed by atoms with van der Waals surface area (Å²) in [5, 5.41) is 0. The van der Waals surface area contributed by atoms with E-state index in [9.17, 15) is 4.79 Å². The second kappa shape index (κ2) is 4.05. The largest absolute Gasteiger partial charge is 0.361 e. The lowest BCUT2D eigenvalue weighted by Gasteiger charge is -2.25. The third-order valence-electron chi connectivity index (χ3n) is 2.85. The Balaban J connectivity index is 2.29. The Bertz CT molecular complexity index is 359. The number of hydrogen-bond acceptors (Lipinski definition) is 2. The van der Waals surface area contributed by atoms with Gasteiger partial charge in [0, 0.05) is 18.7 Å². The molecule has 0 radical (unpaired) electrons. The Hall–Kier alpha value is -1.31. The summed E-state index contributed by atoms with van der Waals surface area (Å²) in [4.78, 5) is 13.3. The molecule has 1 atom stereocenters. The van der Waals surface area contributed by atoms with Gasteiger partial charge in [0.15, 0.2) is 0 Å². The van der Waals surface area contributed by atoms with Gasteiger partial charge in [-0.05, 0) is 17.5 Å². The molecular formula is C13H17NO. The van der Waals surface area contributed by atoms with Crippen LogP contribution in [0.25, 0.3) is 0 Å². The van der Waals surface area contributed by atoms with Gasteiger partial charge < -0.3 is 9.69 Å². The highest BCUT2D eigenvalue weighted by Crippen LogP contribution is 2.31. The predicted octanol–water partition coefficient (Wildman–Crippen LogP) is 2.27. The van der Waals surface area contributed by atoms with E-state index in [4.69, 9.17) is 0 Å². The maximum atomic E-state index is 11.0. The van der Waals surface area contributed by atoms with Crippen molar-refractivity contribution < 1.29 is 4.79 Å². The number of fused-ring (bicyclic) bond motifs is 1. The SMILES string of the molecule is CC(C)CN1c2ccccc2CC1C=O. The van der Waals surface area contributed by atoms with Crippen LogP contribution < -0.4 is 4.90 Å². The number of hydrogen-bond donors (Lipinski definition) is 0. The smallest absolute Gasteiger partial charge is 0.142 e. The highest BCUT2D eigenvalue weighted by Gasteiger charge is 2.28. The molecule has 15 heavy (non-hydrogen) atoms. The summed E-state index contributed by atoms with van der Waals surface area (Å²) in [6.07, 6.45) is 1.94. The van der Waals surface area contributed by atoms with E-state index >= 15 is 0 Å². The fourth-order valence-corrected chi connectivity index (χ4v) is 2.23. The van der Waals surface area contributed by atoms with Crippen molar-refractivity contribution in [3.8, 4) is 0 Å². The van der Waals surface area contributed by atoms with E-state index in [2.05, 4.69) is 30.9 Å². The van der Waals surface area contributed by atoms with Crippen molar-refractivity contribution in [3.05, 3.63) is 29.8 Å². The van der Waals surface area contributed by atoms with Gasteiger partial charge in [0.25, 0.3) is 0 Å². The lowest BCUT2D eigenvalue weighted by Crippen LogP contribution is -2.36. The number of carbonyl (C=O) groups is 1. The van der Waals surface area contributed by atoms with E-state index in [1.807, 2.05) is 12.1 Å². The normalized spacial score (nSPS) is 19.4. The van der Waals surface area contributed by atoms with Gasteiger partial charge in [-0.2, -0.15) is 0 Å². The van der Waals surface area contributed by atoms with Crippen LogP contribution in [0.5, 0.6) is 0 Å². The monoisotopic (exact) mass is 203 g/mol. The third kappa shape index (κ3) is 1.89. The summed E-state index contributed by atoms with van der Waals surface area (Å²) in [6, 6.07) is 8.36. The molecule has 2 rings (SSSR count). The topological polar surface area (TPSA) is 20.3 Å². The van der Waals surface area contributed by atoms with Crippen molar-refractivity contribution >= 4 is 12.0 Å². The van der Waals surface area contributed by atoms with E-state index in [1.54, 1.807) is 0 Å². The van der Waals surface area contributed by atoms with Gasteiger partial charge in [-0.25, -0.2) is 0 Å². The molecule has 0 fully saturated rings. The van der Waals surface area contributed by atoms with Crippen LogP contribution in [0.3, 0.4) is 0 Å². The van der Waals surface area contributed by atoms with Gasteiger partial charge in [-0.15, -0.1) is 0 Å². The standard InChI is InChI=1S/C13H17NO/c1-10(2)8-14-12(9-15)7-11-5-3-4-6-13(11)14/h3-6,9-10,12H,7-8H2,1-2H3. The molecule has 0 spiro atoms. The highest BCUT2D eigenvalue weighted by molar-refractivity contribution is 5.73. The Morgan fingerprint density at radius 2 is 2.20 bits per heavy atom. The zero-order valence-corrected chi connectivity index (χ0v) is 9.31. The number of aldehydes is 1. The lowest BCUT2D eigenvalue weighted by atomic mass is 10.1. The Labute approximate surface area is 90.9 Å². The molecule has 2 heteroatoms. The van der Waals surface area contributed by atoms with Gasteiger partial charge >= 0.3 is 0 Å². The van der Waals surface area contributed by atoms with Crippen LogP contribution in [0, 0.1) is 5.92 Å². The molecule has 1 aromatic rings. The van der Waals surface area contributed by atoms with E-state index in [1.165, 1.54) is 11.3 Å². The van der Waals surface area contributed by atoms with E-state index in [-0.39, 0.29) is 6.04 Å². The first-order chi connectivity index (χ1) is 7.22. The van der Waals surface area contributed by atoms with Crippen LogP contribution in [0.15, 0.2) is 24.3 Å². The second-order valence-electron chi connectivity index (χ2n) is 4.58. The van der Waals surface area contributed by atoms with Crippen LogP contribution in [0.4, 0.5) is 5.69 Å². The summed E-state index contributed by atoms with van der Waals surface area (Å²) >= 11 is 0. The van der Waals surface area contributed by atoms with Crippen LogP contribution in [-0.2, 0) is 11.2 Å². The molecule has 0 bridgehead atoms. The third-order valence-corrected chi connectivity index (χ3v) is 2.85. The average Bonchev–Trinajstić information content (AvgIpc) is 2.56. The Kier molecular flexibility index (Phi) is 2.76. The van der Waals surface area contributed by atoms with Crippen molar-refractivity contribution in [1.29, 1.82) is 0 Å². The molecule has 1 aliphatic rings. The minimum Gasteiger partial charge on any atom is -0.361 e. The lowest BCUT2D eigenvalue weighted by molar-refractivity contribution is -0.108. The fourth-order valence-electron chi connectivity index (χ4n) is 2.23. The molecular weight excluding hydrogens is 186 g/mol. The summed E-state index contributed by atoms with van der Waals surface area (Å²) in [5.41, 5.74) is 2.54. The molecule has 1 aliphatic heterocycles. The number of nitrogens with zero attached hydrogens (tertiary/aromatic N) is 1. The molecule has 1 heterocycles. The van der Waals surface area contributed by atoms with Gasteiger partial charge in [0.1, 0.15) is 6.29 Å². The minimum absolute atomic E-state index is 0.0461. The van der Waals surface area contributed by atoms with Crippen molar-refractivity contribution in [2.24, 2.45) is 5.92 Å². The number of para-hydroxylation sites is 1. The van der Waals surface area contributed by atoms with Crippen molar-refractivity contribution in [3.63, 3.8) is 0 Å². The molecule has 0 N–H and O–H groups in total. The maximum Gasteiger partial charge on any atom is 0.142 e. The summed E-state index contributed by atoms with van der Waals surface area (Å²) in [6.45, 7) is 5.33. The molecule has 0 aliphatic carbocycles. The zero-order valence-electron chi connectivity index (χ0n) is 9.31. The summed E-state index contributed by atoms with van der Waals surface area (Å²) < 4.78 is 0. The molecule has 2 nitrogen and oxygen atoms in total. The van der Waals surface area contributed by atoms with Gasteiger partial charge in [-0.1, -0.05) is 32.0 Å². The van der Waals surface area contributed by atoms with E-state index in [0.717, 1.165) is 19.3 Å². The average molecular weight is 203 g/mol. The second-order valence-corrected chi connectivity index (χ2v) is 4.58. The molecule has 80 valence electrons. The molecule has 0 saturated heterocycles. The first kappa shape index (κ1) is 10.2. The van der Waals surface area contributed by atoms with Crippen LogP contribution in [0.1, 0.15) is 19.4 Å². The van der Waals surface area contributed by atoms with E-state index in [0.29, 0.717) is 5.92 Å². The number of anilines is 1. The summed E-state index contributed by atoms with van der Waals surface area (Å²) in [7, 11) is 0. The molecule has 1 unspecified atom stereocenters. The number of rotatable bonds is 3. The summed E-state index contributed by atoms with van der Waals surface area (Å²) in [5.74, 6) is 0.582. The van der Waals surface area contributed by atoms with Gasteiger partial charge in [0.05, 0.1) is 6.04 Å². The van der Waals surface area contributed by atoms with Crippen LogP contribution >= 0.6 is 0 Å².